The molecule has 0 spiro atoms. The Labute approximate surface area is 118 Å². The third-order valence-corrected chi connectivity index (χ3v) is 21.1. The fourth-order valence-corrected chi connectivity index (χ4v) is 47.7. The average molecular weight is 614 g/mol. The summed E-state index contributed by atoms with van der Waals surface area (Å²) < 4.78 is 7.44. The first kappa shape index (κ1) is 13.6. The van der Waals surface area contributed by atoms with E-state index in [9.17, 15) is 0 Å². The molecule has 1 rings (SSSR count). The number of hydrogen-bond acceptors (Lipinski definition) is 3. The Balaban J connectivity index is 3.46. The van der Waals surface area contributed by atoms with E-state index in [1.165, 1.54) is 0 Å². The van der Waals surface area contributed by atoms with Crippen LogP contribution in [0.4, 0.5) is 0 Å². The molecule has 1 aliphatic rings. The molecule has 0 aromatic heterocycles. The molecule has 0 aromatic rings. The summed E-state index contributed by atoms with van der Waals surface area (Å²) in [5.74, 6) is 0. The normalized spacial score (nSPS) is 29.5. The van der Waals surface area contributed by atoms with Crippen LogP contribution in [0.15, 0.2) is 13.5 Å². The molecule has 0 amide bonds. The van der Waals surface area contributed by atoms with Crippen molar-refractivity contribution in [2.45, 2.75) is 0 Å². The molecule has 0 unspecified atom stereocenters. The summed E-state index contributed by atoms with van der Waals surface area (Å²) in [6.07, 6.45) is 0. The molecule has 0 saturated carbocycles. The third-order valence-electron chi connectivity index (χ3n) is 0.646. The van der Waals surface area contributed by atoms with Gasteiger partial charge in [-0.1, -0.05) is 0 Å². The highest BCUT2D eigenvalue weighted by atomic mass is 80.0. The first-order chi connectivity index (χ1) is 5.12. The van der Waals surface area contributed by atoms with Crippen molar-refractivity contribution in [1.29, 1.82) is 0 Å². The third kappa shape index (κ3) is 4.61. The molecule has 0 aliphatic carbocycles. The second-order valence-corrected chi connectivity index (χ2v) is 32.9. The van der Waals surface area contributed by atoms with Crippen molar-refractivity contribution >= 4 is 107 Å². The monoisotopic (exact) mass is 608 g/mol. The van der Waals surface area contributed by atoms with Crippen molar-refractivity contribution in [3.8, 4) is 0 Å². The van der Waals surface area contributed by atoms with E-state index in [2.05, 4.69) is 106 Å². The summed E-state index contributed by atoms with van der Waals surface area (Å²) in [4.78, 5) is 0. The van der Waals surface area contributed by atoms with Gasteiger partial charge in [0.05, 0.1) is 0 Å². The van der Waals surface area contributed by atoms with Crippen molar-refractivity contribution in [2.24, 2.45) is 13.5 Å². The van der Waals surface area contributed by atoms with Crippen LogP contribution in [0.1, 0.15) is 0 Å². The van der Waals surface area contributed by atoms with Crippen LogP contribution in [0.3, 0.4) is 0 Å². The van der Waals surface area contributed by atoms with Gasteiger partial charge >= 0.3 is 0 Å². The molecule has 0 aromatic carbocycles. The van der Waals surface area contributed by atoms with Gasteiger partial charge in [-0.25, -0.2) is 13.5 Å². The Morgan fingerprint density at radius 3 is 0.833 bits per heavy atom. The zero-order valence-corrected chi connectivity index (χ0v) is 17.2. The Bertz CT molecular complexity index is 275. The number of hydrogen-bond donors (Lipinski definition) is 0. The van der Waals surface area contributed by atoms with Crippen LogP contribution in [-0.2, 0) is 0 Å². The van der Waals surface area contributed by atoms with Gasteiger partial charge in [0, 0.05) is 0 Å². The predicted molar refractivity (Wildman–Crippen MR) is 81.6 cm³/mol. The van der Waals surface area contributed by atoms with Gasteiger partial charge in [0.15, 0.2) is 0 Å². The highest BCUT2D eigenvalue weighted by Crippen LogP contribution is 2.91. The molecule has 12 heteroatoms. The van der Waals surface area contributed by atoms with E-state index in [1.807, 2.05) is 0 Å². The van der Waals surface area contributed by atoms with Gasteiger partial charge < -0.3 is 0 Å². The molecule has 0 fully saturated rings. The fourth-order valence-electron chi connectivity index (χ4n) is 0.442. The first-order valence-electron chi connectivity index (χ1n) is 2.21. The second kappa shape index (κ2) is 4.44. The number of nitrogens with zero attached hydrogens (tertiary/aromatic N) is 3. The van der Waals surface area contributed by atoms with Gasteiger partial charge in [-0.3, -0.25) is 0 Å². The molecule has 1 aliphatic heterocycles. The zero-order valence-electron chi connectivity index (χ0n) is 4.95. The predicted octanol–water partition coefficient (Wildman–Crippen LogP) is 8.21. The van der Waals surface area contributed by atoms with Crippen molar-refractivity contribution in [3.05, 3.63) is 0 Å². The van der Waals surface area contributed by atoms with Gasteiger partial charge in [0.2, 0.25) is 13.8 Å². The molecule has 3 nitrogen and oxygen atoms in total. The van der Waals surface area contributed by atoms with Crippen LogP contribution < -0.4 is 0 Å². The van der Waals surface area contributed by atoms with E-state index in [0.29, 0.717) is 0 Å². The van der Waals surface area contributed by atoms with Crippen molar-refractivity contribution in [2.75, 3.05) is 0 Å². The van der Waals surface area contributed by atoms with E-state index in [0.717, 1.165) is 0 Å². The molecular formula is Br6N3P3. The second-order valence-electron chi connectivity index (χ2n) is 1.64. The minimum atomic E-state index is -1.89. The Morgan fingerprint density at radius 1 is 0.500 bits per heavy atom. The lowest BCUT2D eigenvalue weighted by atomic mass is 13.8. The summed E-state index contributed by atoms with van der Waals surface area (Å²) >= 11 is 20.5. The lowest BCUT2D eigenvalue weighted by Crippen LogP contribution is -1.59. The van der Waals surface area contributed by atoms with Crippen LogP contribution in [0.25, 0.3) is 0 Å². The zero-order chi connectivity index (χ0) is 9.62. The van der Waals surface area contributed by atoms with E-state index in [4.69, 9.17) is 0 Å². The van der Waals surface area contributed by atoms with Crippen LogP contribution >= 0.6 is 107 Å². The van der Waals surface area contributed by atoms with Crippen LogP contribution in [0.2, 0.25) is 0 Å². The molecular weight excluding hydrogens is 614 g/mol. The molecule has 0 radical (unpaired) electrons. The molecule has 12 heavy (non-hydrogen) atoms. The van der Waals surface area contributed by atoms with Gasteiger partial charge in [-0.15, -0.1) is 0 Å². The lowest BCUT2D eigenvalue weighted by molar-refractivity contribution is 1.82. The Kier molecular flexibility index (Phi) is 5.05. The highest BCUT2D eigenvalue weighted by molar-refractivity contribution is 9.76. The average Bonchev–Trinajstić information content (AvgIpc) is 1.44. The van der Waals surface area contributed by atoms with Crippen molar-refractivity contribution in [3.63, 3.8) is 0 Å². The first-order valence-corrected chi connectivity index (χ1v) is 19.4. The van der Waals surface area contributed by atoms with Gasteiger partial charge in [0.25, 0.3) is 0 Å². The SMILES string of the molecule is BrP1(Br)=NP(Br)(Br)=NP(Br)(Br)=N1. The maximum Gasteiger partial charge on any atom is 0.207 e. The van der Waals surface area contributed by atoms with Gasteiger partial charge in [0.1, 0.15) is 0 Å². The van der Waals surface area contributed by atoms with Crippen molar-refractivity contribution in [1.82, 2.24) is 0 Å². The summed E-state index contributed by atoms with van der Waals surface area (Å²) in [5, 5.41) is 0. The topological polar surface area (TPSA) is 37.1 Å². The summed E-state index contributed by atoms with van der Waals surface area (Å²) in [6, 6.07) is 0. The van der Waals surface area contributed by atoms with E-state index >= 15 is 0 Å². The van der Waals surface area contributed by atoms with E-state index in [-0.39, 0.29) is 0 Å². The fraction of sp³-hybridized carbons (Fsp3) is 0. The maximum absolute atomic E-state index is 4.37. The maximum atomic E-state index is 4.37. The van der Waals surface area contributed by atoms with Gasteiger partial charge in [-0.05, 0) is 92.9 Å². The minimum Gasteiger partial charge on any atom is -0.200 e. The largest absolute Gasteiger partial charge is 0.207 e. The Morgan fingerprint density at radius 2 is 0.667 bits per heavy atom. The summed E-state index contributed by atoms with van der Waals surface area (Å²) in [5.41, 5.74) is 0. The standard InChI is InChI=1S/Br6N3P3/c1-10(2)7-11(3,4)9-12(5,6)8-10. The summed E-state index contributed by atoms with van der Waals surface area (Å²) in [6.45, 7) is 0. The molecule has 0 bridgehead atoms. The van der Waals surface area contributed by atoms with E-state index < -0.39 is 13.8 Å². The lowest BCUT2D eigenvalue weighted by Gasteiger charge is -2.18. The van der Waals surface area contributed by atoms with Crippen LogP contribution in [-0.4, -0.2) is 0 Å². The number of rotatable bonds is 0. The highest BCUT2D eigenvalue weighted by Gasteiger charge is 2.28. The molecule has 1 heterocycles. The van der Waals surface area contributed by atoms with Crippen LogP contribution in [0, 0.1) is 0 Å². The molecule has 0 N–H and O–H groups in total. The van der Waals surface area contributed by atoms with Gasteiger partial charge in [-0.2, -0.15) is 0 Å². The summed E-state index contributed by atoms with van der Waals surface area (Å²) in [7, 11) is 0. The molecule has 72 valence electrons. The minimum absolute atomic E-state index is 1.89. The van der Waals surface area contributed by atoms with E-state index in [1.54, 1.807) is 0 Å². The smallest absolute Gasteiger partial charge is 0.200 e. The Hall–Kier alpha value is 3.57. The number of halogens is 6. The molecule has 0 saturated heterocycles. The molecule has 0 atom stereocenters. The van der Waals surface area contributed by atoms with Crippen LogP contribution in [0.5, 0.6) is 0 Å². The quantitative estimate of drug-likeness (QED) is 0.247. The van der Waals surface area contributed by atoms with Crippen molar-refractivity contribution < 1.29 is 0 Å².